The molecule has 0 aliphatic rings. The number of alkyl halides is 1. The van der Waals surface area contributed by atoms with E-state index in [1.807, 2.05) is 13.8 Å². The highest BCUT2D eigenvalue weighted by atomic mass is 35.5. The van der Waals surface area contributed by atoms with E-state index < -0.39 is 11.6 Å². The van der Waals surface area contributed by atoms with Crippen LogP contribution in [-0.4, -0.2) is 0 Å². The minimum absolute atomic E-state index is 0.200. The molecule has 0 aliphatic carbocycles. The van der Waals surface area contributed by atoms with E-state index in [1.165, 1.54) is 6.07 Å². The van der Waals surface area contributed by atoms with E-state index in [0.717, 1.165) is 12.1 Å². The van der Waals surface area contributed by atoms with Gasteiger partial charge in [0.15, 0.2) is 11.6 Å². The summed E-state index contributed by atoms with van der Waals surface area (Å²) in [5.74, 6) is -1.48. The van der Waals surface area contributed by atoms with E-state index in [4.69, 9.17) is 11.6 Å². The van der Waals surface area contributed by atoms with Crippen LogP contribution in [0.2, 0.25) is 0 Å². The van der Waals surface area contributed by atoms with Crippen LogP contribution in [0, 0.1) is 17.6 Å². The maximum Gasteiger partial charge on any atom is 0.159 e. The second-order valence-corrected chi connectivity index (χ2v) is 3.79. The van der Waals surface area contributed by atoms with Gasteiger partial charge >= 0.3 is 0 Å². The van der Waals surface area contributed by atoms with Gasteiger partial charge in [0, 0.05) is 0 Å². The van der Waals surface area contributed by atoms with Crippen LogP contribution in [0.1, 0.15) is 24.8 Å². The van der Waals surface area contributed by atoms with Crippen LogP contribution in [0.5, 0.6) is 0 Å². The lowest BCUT2D eigenvalue weighted by Gasteiger charge is -2.13. The molecule has 0 aromatic heterocycles. The second-order valence-electron chi connectivity index (χ2n) is 3.32. The molecule has 0 amide bonds. The van der Waals surface area contributed by atoms with Crippen molar-refractivity contribution in [3.8, 4) is 0 Å². The number of hydrogen-bond acceptors (Lipinski definition) is 0. The Hall–Kier alpha value is -0.630. The maximum absolute atomic E-state index is 12.8. The fourth-order valence-electron chi connectivity index (χ4n) is 1.07. The first-order valence-corrected chi connectivity index (χ1v) is 4.55. The minimum Gasteiger partial charge on any atom is -0.204 e. The van der Waals surface area contributed by atoms with E-state index in [0.29, 0.717) is 5.56 Å². The largest absolute Gasteiger partial charge is 0.204 e. The highest BCUT2D eigenvalue weighted by Crippen LogP contribution is 2.29. The lowest BCUT2D eigenvalue weighted by Crippen LogP contribution is -2.00. The van der Waals surface area contributed by atoms with Crippen LogP contribution < -0.4 is 0 Å². The molecule has 0 fully saturated rings. The van der Waals surface area contributed by atoms with Crippen molar-refractivity contribution in [1.29, 1.82) is 0 Å². The topological polar surface area (TPSA) is 0 Å². The molecule has 1 atom stereocenters. The molecule has 3 heteroatoms. The van der Waals surface area contributed by atoms with E-state index in [2.05, 4.69) is 0 Å². The highest BCUT2D eigenvalue weighted by Gasteiger charge is 2.14. The molecule has 0 saturated heterocycles. The molecule has 0 aliphatic heterocycles. The average molecular weight is 205 g/mol. The number of rotatable bonds is 2. The van der Waals surface area contributed by atoms with Crippen molar-refractivity contribution >= 4 is 11.6 Å². The molecule has 0 N–H and O–H groups in total. The zero-order valence-corrected chi connectivity index (χ0v) is 8.28. The van der Waals surface area contributed by atoms with Gasteiger partial charge in [-0.05, 0) is 23.6 Å². The summed E-state index contributed by atoms with van der Waals surface area (Å²) in [7, 11) is 0. The maximum atomic E-state index is 12.8. The SMILES string of the molecule is CC(C)C(Cl)c1ccc(F)c(F)c1. The molecule has 0 heterocycles. The Morgan fingerprint density at radius 3 is 2.23 bits per heavy atom. The van der Waals surface area contributed by atoms with E-state index in [1.54, 1.807) is 0 Å². The second kappa shape index (κ2) is 4.05. The average Bonchev–Trinajstić information content (AvgIpc) is 2.08. The molecule has 0 bridgehead atoms. The van der Waals surface area contributed by atoms with Crippen molar-refractivity contribution < 1.29 is 8.78 Å². The van der Waals surface area contributed by atoms with Crippen LogP contribution in [0.3, 0.4) is 0 Å². The summed E-state index contributed by atoms with van der Waals surface area (Å²) >= 11 is 5.98. The Morgan fingerprint density at radius 1 is 1.15 bits per heavy atom. The summed E-state index contributed by atoms with van der Waals surface area (Å²) in [6, 6.07) is 3.76. The fraction of sp³-hybridized carbons (Fsp3) is 0.400. The van der Waals surface area contributed by atoms with E-state index >= 15 is 0 Å². The van der Waals surface area contributed by atoms with E-state index in [-0.39, 0.29) is 11.3 Å². The third-order valence-corrected chi connectivity index (χ3v) is 2.60. The lowest BCUT2D eigenvalue weighted by molar-refractivity contribution is 0.504. The van der Waals surface area contributed by atoms with E-state index in [9.17, 15) is 8.78 Å². The molecule has 1 aromatic carbocycles. The smallest absolute Gasteiger partial charge is 0.159 e. The first-order valence-electron chi connectivity index (χ1n) is 4.11. The van der Waals surface area contributed by atoms with Crippen LogP contribution in [-0.2, 0) is 0 Å². The summed E-state index contributed by atoms with van der Waals surface area (Å²) in [4.78, 5) is 0. The normalized spacial score (nSPS) is 13.4. The first kappa shape index (κ1) is 10.5. The van der Waals surface area contributed by atoms with Crippen molar-refractivity contribution in [2.75, 3.05) is 0 Å². The molecule has 1 unspecified atom stereocenters. The minimum atomic E-state index is -0.844. The Balaban J connectivity index is 2.97. The monoisotopic (exact) mass is 204 g/mol. The summed E-state index contributed by atoms with van der Waals surface area (Å²) < 4.78 is 25.3. The van der Waals surface area contributed by atoms with Gasteiger partial charge < -0.3 is 0 Å². The molecular weight excluding hydrogens is 194 g/mol. The molecule has 1 aromatic rings. The Bertz CT molecular complexity index is 297. The molecule has 0 spiro atoms. The zero-order valence-electron chi connectivity index (χ0n) is 7.52. The van der Waals surface area contributed by atoms with Gasteiger partial charge in [0.25, 0.3) is 0 Å². The Kier molecular flexibility index (Phi) is 3.26. The van der Waals surface area contributed by atoms with Crippen LogP contribution in [0.4, 0.5) is 8.78 Å². The molecule has 13 heavy (non-hydrogen) atoms. The molecular formula is C10H11ClF2. The standard InChI is InChI=1S/C10H11ClF2/c1-6(2)10(11)7-3-4-8(12)9(13)5-7/h3-6,10H,1-2H3. The summed E-state index contributed by atoms with van der Waals surface area (Å²) in [5.41, 5.74) is 0.621. The number of benzene rings is 1. The molecule has 0 saturated carbocycles. The summed E-state index contributed by atoms with van der Waals surface area (Å²) in [5, 5.41) is -0.268. The van der Waals surface area contributed by atoms with Crippen molar-refractivity contribution in [3.05, 3.63) is 35.4 Å². The third kappa shape index (κ3) is 2.41. The van der Waals surface area contributed by atoms with Gasteiger partial charge in [0.1, 0.15) is 0 Å². The lowest BCUT2D eigenvalue weighted by atomic mass is 10.0. The molecule has 1 rings (SSSR count). The molecule has 0 nitrogen and oxygen atoms in total. The van der Waals surface area contributed by atoms with Crippen LogP contribution in [0.15, 0.2) is 18.2 Å². The van der Waals surface area contributed by atoms with Crippen molar-refractivity contribution in [3.63, 3.8) is 0 Å². The van der Waals surface area contributed by atoms with Gasteiger partial charge in [-0.2, -0.15) is 0 Å². The van der Waals surface area contributed by atoms with Gasteiger partial charge in [-0.25, -0.2) is 8.78 Å². The quantitative estimate of drug-likeness (QED) is 0.641. The van der Waals surface area contributed by atoms with Gasteiger partial charge in [-0.1, -0.05) is 19.9 Å². The fourth-order valence-corrected chi connectivity index (χ4v) is 1.20. The van der Waals surface area contributed by atoms with Crippen molar-refractivity contribution in [1.82, 2.24) is 0 Å². The summed E-state index contributed by atoms with van der Waals surface area (Å²) in [6.07, 6.45) is 0. The van der Waals surface area contributed by atoms with Crippen LogP contribution >= 0.6 is 11.6 Å². The van der Waals surface area contributed by atoms with Gasteiger partial charge in [0.05, 0.1) is 5.38 Å². The first-order chi connectivity index (χ1) is 6.02. The predicted molar refractivity (Wildman–Crippen MR) is 49.8 cm³/mol. The Morgan fingerprint density at radius 2 is 1.77 bits per heavy atom. The summed E-state index contributed by atoms with van der Waals surface area (Å²) in [6.45, 7) is 3.86. The van der Waals surface area contributed by atoms with Crippen LogP contribution in [0.25, 0.3) is 0 Å². The Labute approximate surface area is 81.5 Å². The third-order valence-electron chi connectivity index (χ3n) is 1.85. The zero-order chi connectivity index (χ0) is 10.0. The van der Waals surface area contributed by atoms with Gasteiger partial charge in [-0.15, -0.1) is 11.6 Å². The van der Waals surface area contributed by atoms with Crippen molar-refractivity contribution in [2.24, 2.45) is 5.92 Å². The number of halogens is 3. The van der Waals surface area contributed by atoms with Gasteiger partial charge in [0.2, 0.25) is 0 Å². The predicted octanol–water partition coefficient (Wildman–Crippen LogP) is 3.90. The highest BCUT2D eigenvalue weighted by molar-refractivity contribution is 6.20. The van der Waals surface area contributed by atoms with Crippen molar-refractivity contribution in [2.45, 2.75) is 19.2 Å². The number of hydrogen-bond donors (Lipinski definition) is 0. The molecule has 0 radical (unpaired) electrons. The molecule has 72 valence electrons. The van der Waals surface area contributed by atoms with Gasteiger partial charge in [-0.3, -0.25) is 0 Å².